The standard InChI is InChI=1S/C28H27N7O2/c1-4-26(36)35-13-5-6-21(35)9-7-19-16-30-28(29)33-27(19)32-20-8-12-25(18(2)14-20)37-22-10-11-24-23(15-22)31-17-34(24)3/h4,8,10-12,14-17,21H,1,5-6,13H2,2-3H3,(H3,29,30,32,33). The van der Waals surface area contributed by atoms with Crippen LogP contribution in [0.5, 0.6) is 11.5 Å². The van der Waals surface area contributed by atoms with Gasteiger partial charge in [-0.15, -0.1) is 0 Å². The average Bonchev–Trinajstić information content (AvgIpc) is 3.51. The molecule has 4 aromatic rings. The molecule has 37 heavy (non-hydrogen) atoms. The molecule has 1 aliphatic heterocycles. The molecule has 1 aliphatic rings. The number of nitrogen functional groups attached to an aromatic ring is 1. The van der Waals surface area contributed by atoms with E-state index in [1.807, 2.05) is 54.9 Å². The normalized spacial score (nSPS) is 14.8. The molecule has 0 aliphatic carbocycles. The lowest BCUT2D eigenvalue weighted by Gasteiger charge is -2.18. The van der Waals surface area contributed by atoms with Gasteiger partial charge in [0, 0.05) is 25.3 Å². The van der Waals surface area contributed by atoms with Gasteiger partial charge in [0.25, 0.3) is 0 Å². The summed E-state index contributed by atoms with van der Waals surface area (Å²) in [7, 11) is 1.96. The number of imidazole rings is 1. The van der Waals surface area contributed by atoms with Gasteiger partial charge in [-0.3, -0.25) is 4.79 Å². The van der Waals surface area contributed by atoms with E-state index in [9.17, 15) is 4.79 Å². The summed E-state index contributed by atoms with van der Waals surface area (Å²) < 4.78 is 8.09. The maximum atomic E-state index is 12.1. The molecule has 3 N–H and O–H groups in total. The largest absolute Gasteiger partial charge is 0.457 e. The zero-order valence-corrected chi connectivity index (χ0v) is 20.7. The Labute approximate surface area is 215 Å². The molecule has 9 nitrogen and oxygen atoms in total. The van der Waals surface area contributed by atoms with Crippen LogP contribution in [0.4, 0.5) is 17.5 Å². The Morgan fingerprint density at radius 2 is 2.14 bits per heavy atom. The predicted molar refractivity (Wildman–Crippen MR) is 144 cm³/mol. The van der Waals surface area contributed by atoms with Crippen molar-refractivity contribution in [1.29, 1.82) is 0 Å². The van der Waals surface area contributed by atoms with Crippen LogP contribution in [0.3, 0.4) is 0 Å². The van der Waals surface area contributed by atoms with E-state index in [1.165, 1.54) is 6.08 Å². The number of carbonyl (C=O) groups is 1. The van der Waals surface area contributed by atoms with Crippen LogP contribution in [0.15, 0.2) is 61.6 Å². The van der Waals surface area contributed by atoms with Crippen molar-refractivity contribution in [1.82, 2.24) is 24.4 Å². The van der Waals surface area contributed by atoms with Gasteiger partial charge in [0.05, 0.1) is 35.2 Å². The minimum Gasteiger partial charge on any atom is -0.457 e. The number of fused-ring (bicyclic) bond motifs is 1. The molecule has 0 radical (unpaired) electrons. The number of ether oxygens (including phenoxy) is 1. The van der Waals surface area contributed by atoms with Crippen molar-refractivity contribution in [2.75, 3.05) is 17.6 Å². The van der Waals surface area contributed by atoms with Crippen LogP contribution in [-0.4, -0.2) is 42.9 Å². The number of nitrogens with two attached hydrogens (primary N) is 1. The number of rotatable bonds is 5. The summed E-state index contributed by atoms with van der Waals surface area (Å²) in [6, 6.07) is 11.4. The fourth-order valence-corrected chi connectivity index (χ4v) is 4.33. The summed E-state index contributed by atoms with van der Waals surface area (Å²) in [6.45, 7) is 6.23. The SMILES string of the molecule is C=CC(=O)N1CCCC1C#Cc1cnc(N)nc1Nc1ccc(Oc2ccc3c(c2)ncn3C)c(C)c1. The summed E-state index contributed by atoms with van der Waals surface area (Å²) in [4.78, 5) is 26.7. The summed E-state index contributed by atoms with van der Waals surface area (Å²) >= 11 is 0. The summed E-state index contributed by atoms with van der Waals surface area (Å²) in [6.07, 6.45) is 6.42. The highest BCUT2D eigenvalue weighted by Gasteiger charge is 2.25. The van der Waals surface area contributed by atoms with E-state index in [0.29, 0.717) is 23.7 Å². The number of hydrogen-bond acceptors (Lipinski definition) is 7. The van der Waals surface area contributed by atoms with Crippen LogP contribution < -0.4 is 15.8 Å². The number of hydrogen-bond donors (Lipinski definition) is 2. The van der Waals surface area contributed by atoms with Crippen LogP contribution in [0.2, 0.25) is 0 Å². The lowest BCUT2D eigenvalue weighted by Crippen LogP contribution is -2.33. The Morgan fingerprint density at radius 3 is 2.95 bits per heavy atom. The van der Waals surface area contributed by atoms with Crippen LogP contribution >= 0.6 is 0 Å². The molecule has 186 valence electrons. The quantitative estimate of drug-likeness (QED) is 0.315. The van der Waals surface area contributed by atoms with E-state index in [-0.39, 0.29) is 17.9 Å². The Balaban J connectivity index is 1.35. The highest BCUT2D eigenvalue weighted by atomic mass is 16.5. The van der Waals surface area contributed by atoms with E-state index < -0.39 is 0 Å². The molecule has 5 rings (SSSR count). The Hall–Kier alpha value is -4.84. The van der Waals surface area contributed by atoms with Crippen molar-refractivity contribution < 1.29 is 9.53 Å². The highest BCUT2D eigenvalue weighted by Crippen LogP contribution is 2.30. The number of nitrogens with one attached hydrogen (secondary N) is 1. The van der Waals surface area contributed by atoms with Gasteiger partial charge in [-0.1, -0.05) is 18.4 Å². The summed E-state index contributed by atoms with van der Waals surface area (Å²) in [5.41, 5.74) is 10.1. The second kappa shape index (κ2) is 10.0. The Bertz CT molecular complexity index is 1560. The van der Waals surface area contributed by atoms with E-state index in [4.69, 9.17) is 10.5 Å². The highest BCUT2D eigenvalue weighted by molar-refractivity contribution is 5.87. The number of benzene rings is 2. The van der Waals surface area contributed by atoms with Crippen LogP contribution in [-0.2, 0) is 11.8 Å². The zero-order chi connectivity index (χ0) is 25.9. The van der Waals surface area contributed by atoms with E-state index >= 15 is 0 Å². The second-order valence-corrected chi connectivity index (χ2v) is 8.87. The van der Waals surface area contributed by atoms with Crippen LogP contribution in [0.1, 0.15) is 24.0 Å². The maximum absolute atomic E-state index is 12.1. The van der Waals surface area contributed by atoms with Gasteiger partial charge in [0.15, 0.2) is 5.82 Å². The summed E-state index contributed by atoms with van der Waals surface area (Å²) in [5, 5.41) is 3.29. The monoisotopic (exact) mass is 493 g/mol. The first kappa shape index (κ1) is 23.9. The van der Waals surface area contributed by atoms with Crippen molar-refractivity contribution in [2.45, 2.75) is 25.8 Å². The molecule has 3 heterocycles. The fraction of sp³-hybridized carbons (Fsp3) is 0.214. The molecule has 2 aromatic carbocycles. The molecule has 1 atom stereocenters. The first-order valence-electron chi connectivity index (χ1n) is 11.9. The Kier molecular flexibility index (Phi) is 6.47. The van der Waals surface area contributed by atoms with E-state index in [0.717, 1.165) is 40.9 Å². The molecular weight excluding hydrogens is 466 g/mol. The number of nitrogens with zero attached hydrogens (tertiary/aromatic N) is 5. The van der Waals surface area contributed by atoms with Crippen molar-refractivity contribution in [2.24, 2.45) is 7.05 Å². The van der Waals surface area contributed by atoms with E-state index in [2.05, 4.69) is 38.7 Å². The predicted octanol–water partition coefficient (Wildman–Crippen LogP) is 4.32. The fourth-order valence-electron chi connectivity index (χ4n) is 4.33. The molecule has 0 saturated carbocycles. The van der Waals surface area contributed by atoms with Gasteiger partial charge >= 0.3 is 0 Å². The van der Waals surface area contributed by atoms with Gasteiger partial charge in [-0.05, 0) is 61.7 Å². The van der Waals surface area contributed by atoms with Crippen molar-refractivity contribution in [3.05, 3.63) is 72.7 Å². The third kappa shape index (κ3) is 5.09. The third-order valence-electron chi connectivity index (χ3n) is 6.25. The van der Waals surface area contributed by atoms with Gasteiger partial charge in [0.1, 0.15) is 11.5 Å². The molecule has 0 spiro atoms. The van der Waals surface area contributed by atoms with Crippen molar-refractivity contribution in [3.8, 4) is 23.3 Å². The minimum atomic E-state index is -0.167. The van der Waals surface area contributed by atoms with Gasteiger partial charge in [-0.2, -0.15) is 4.98 Å². The summed E-state index contributed by atoms with van der Waals surface area (Å²) in [5.74, 6) is 8.29. The number of aryl methyl sites for hydroxylation is 2. The van der Waals surface area contributed by atoms with E-state index in [1.54, 1.807) is 17.4 Å². The van der Waals surface area contributed by atoms with Crippen LogP contribution in [0.25, 0.3) is 11.0 Å². The maximum Gasteiger partial charge on any atom is 0.246 e. The molecular formula is C28H27N7O2. The molecule has 1 unspecified atom stereocenters. The number of aromatic nitrogens is 4. The molecule has 2 aromatic heterocycles. The number of amides is 1. The first-order chi connectivity index (χ1) is 17.9. The lowest BCUT2D eigenvalue weighted by molar-refractivity contribution is -0.125. The third-order valence-corrected chi connectivity index (χ3v) is 6.25. The smallest absolute Gasteiger partial charge is 0.246 e. The van der Waals surface area contributed by atoms with Crippen molar-refractivity contribution in [3.63, 3.8) is 0 Å². The molecule has 0 bridgehead atoms. The number of anilines is 3. The van der Waals surface area contributed by atoms with Crippen LogP contribution in [0, 0.1) is 18.8 Å². The second-order valence-electron chi connectivity index (χ2n) is 8.87. The number of carbonyl (C=O) groups excluding carboxylic acids is 1. The van der Waals surface area contributed by atoms with Gasteiger partial charge in [0.2, 0.25) is 11.9 Å². The molecule has 1 saturated heterocycles. The molecule has 1 amide bonds. The van der Waals surface area contributed by atoms with Crippen molar-refractivity contribution >= 4 is 34.4 Å². The van der Waals surface area contributed by atoms with Gasteiger partial charge < -0.3 is 25.3 Å². The zero-order valence-electron chi connectivity index (χ0n) is 20.7. The first-order valence-corrected chi connectivity index (χ1v) is 11.9. The average molecular weight is 494 g/mol. The minimum absolute atomic E-state index is 0.110. The molecule has 1 fully saturated rings. The number of likely N-dealkylation sites (tertiary alicyclic amines) is 1. The van der Waals surface area contributed by atoms with Gasteiger partial charge in [-0.25, -0.2) is 9.97 Å². The molecule has 9 heteroatoms. The topological polar surface area (TPSA) is 111 Å². The lowest BCUT2D eigenvalue weighted by atomic mass is 10.2. The Morgan fingerprint density at radius 1 is 1.27 bits per heavy atom.